The highest BCUT2D eigenvalue weighted by Gasteiger charge is 2.22. The summed E-state index contributed by atoms with van der Waals surface area (Å²) in [5.74, 6) is -3.21. The highest BCUT2D eigenvalue weighted by Crippen LogP contribution is 2.16. The van der Waals surface area contributed by atoms with E-state index in [1.54, 1.807) is 16.5 Å². The molecule has 6 nitrogen and oxygen atoms in total. The van der Waals surface area contributed by atoms with E-state index in [0.29, 0.717) is 11.7 Å². The van der Waals surface area contributed by atoms with E-state index < -0.39 is 29.6 Å². The first kappa shape index (κ1) is 17.5. The molecule has 2 heterocycles. The van der Waals surface area contributed by atoms with Crippen LogP contribution in [0.2, 0.25) is 0 Å². The number of anilines is 1. The van der Waals surface area contributed by atoms with Gasteiger partial charge in [0.1, 0.15) is 17.3 Å². The molecule has 134 valence electrons. The van der Waals surface area contributed by atoms with E-state index in [0.717, 1.165) is 17.8 Å². The van der Waals surface area contributed by atoms with Crippen LogP contribution in [0.25, 0.3) is 5.65 Å². The number of hydrogen-bond acceptors (Lipinski definition) is 4. The molecule has 2 aromatic heterocycles. The van der Waals surface area contributed by atoms with Crippen LogP contribution in [-0.2, 0) is 9.53 Å². The third-order valence-electron chi connectivity index (χ3n) is 3.75. The minimum atomic E-state index is -1.20. The number of aromatic nitrogens is 2. The normalized spacial score (nSPS) is 12.0. The topological polar surface area (TPSA) is 72.7 Å². The van der Waals surface area contributed by atoms with Crippen molar-refractivity contribution in [3.05, 3.63) is 65.6 Å². The standard InChI is InChI=1S/C18H15F2N3O3/c1-10-4-3-5-16-21-15(9-23(10)16)18(25)26-11(2)17(24)22-14-7-6-12(19)8-13(14)20/h3-9,11H,1-2H3,(H,22,24)/t11-/m0/s1. The summed E-state index contributed by atoms with van der Waals surface area (Å²) in [5, 5.41) is 2.25. The average molecular weight is 359 g/mol. The maximum absolute atomic E-state index is 13.6. The average Bonchev–Trinajstić information content (AvgIpc) is 3.03. The van der Waals surface area contributed by atoms with Gasteiger partial charge in [0.25, 0.3) is 5.91 Å². The van der Waals surface area contributed by atoms with Crippen molar-refractivity contribution in [3.8, 4) is 0 Å². The zero-order valence-electron chi connectivity index (χ0n) is 14.0. The van der Waals surface area contributed by atoms with E-state index >= 15 is 0 Å². The second-order valence-corrected chi connectivity index (χ2v) is 5.68. The second-order valence-electron chi connectivity index (χ2n) is 5.68. The molecule has 1 aromatic carbocycles. The Morgan fingerprint density at radius 2 is 2.00 bits per heavy atom. The van der Waals surface area contributed by atoms with Crippen LogP contribution < -0.4 is 5.32 Å². The molecule has 1 amide bonds. The van der Waals surface area contributed by atoms with E-state index in [4.69, 9.17) is 4.74 Å². The fourth-order valence-corrected chi connectivity index (χ4v) is 2.35. The maximum Gasteiger partial charge on any atom is 0.359 e. The molecule has 1 N–H and O–H groups in total. The van der Waals surface area contributed by atoms with Crippen molar-refractivity contribution in [2.75, 3.05) is 5.32 Å². The minimum absolute atomic E-state index is 0.0481. The van der Waals surface area contributed by atoms with Gasteiger partial charge in [-0.05, 0) is 38.1 Å². The zero-order valence-corrected chi connectivity index (χ0v) is 14.0. The van der Waals surface area contributed by atoms with Crippen LogP contribution in [0.4, 0.5) is 14.5 Å². The van der Waals surface area contributed by atoms with Crippen LogP contribution >= 0.6 is 0 Å². The quantitative estimate of drug-likeness (QED) is 0.727. The monoisotopic (exact) mass is 359 g/mol. The van der Waals surface area contributed by atoms with Gasteiger partial charge in [-0.1, -0.05) is 6.07 Å². The van der Waals surface area contributed by atoms with Crippen molar-refractivity contribution in [2.45, 2.75) is 20.0 Å². The van der Waals surface area contributed by atoms with Crippen molar-refractivity contribution >= 4 is 23.2 Å². The molecule has 0 spiro atoms. The first-order valence-electron chi connectivity index (χ1n) is 7.77. The Morgan fingerprint density at radius 1 is 1.23 bits per heavy atom. The van der Waals surface area contributed by atoms with Crippen LogP contribution in [0, 0.1) is 18.6 Å². The molecule has 26 heavy (non-hydrogen) atoms. The number of hydrogen-bond donors (Lipinski definition) is 1. The van der Waals surface area contributed by atoms with Crippen molar-refractivity contribution in [1.29, 1.82) is 0 Å². The van der Waals surface area contributed by atoms with Crippen molar-refractivity contribution in [3.63, 3.8) is 0 Å². The van der Waals surface area contributed by atoms with E-state index in [1.807, 2.05) is 13.0 Å². The first-order chi connectivity index (χ1) is 12.3. The van der Waals surface area contributed by atoms with Crippen LogP contribution in [0.3, 0.4) is 0 Å². The van der Waals surface area contributed by atoms with E-state index in [-0.39, 0.29) is 11.4 Å². The number of aryl methyl sites for hydroxylation is 1. The Balaban J connectivity index is 1.69. The van der Waals surface area contributed by atoms with Gasteiger partial charge < -0.3 is 14.5 Å². The number of fused-ring (bicyclic) bond motifs is 1. The lowest BCUT2D eigenvalue weighted by molar-refractivity contribution is -0.123. The van der Waals surface area contributed by atoms with Crippen LogP contribution in [0.1, 0.15) is 23.1 Å². The summed E-state index contributed by atoms with van der Waals surface area (Å²) in [5.41, 5.74) is 1.30. The molecule has 0 saturated carbocycles. The number of ether oxygens (including phenoxy) is 1. The minimum Gasteiger partial charge on any atom is -0.448 e. The highest BCUT2D eigenvalue weighted by atomic mass is 19.1. The van der Waals surface area contributed by atoms with Gasteiger partial charge >= 0.3 is 5.97 Å². The molecule has 3 rings (SSSR count). The van der Waals surface area contributed by atoms with Gasteiger partial charge in [0, 0.05) is 18.0 Å². The number of carbonyl (C=O) groups excluding carboxylic acids is 2. The van der Waals surface area contributed by atoms with E-state index in [1.165, 1.54) is 13.1 Å². The lowest BCUT2D eigenvalue weighted by Gasteiger charge is -2.13. The number of esters is 1. The highest BCUT2D eigenvalue weighted by molar-refractivity contribution is 5.97. The number of carbonyl (C=O) groups is 2. The Labute approximate surface area is 147 Å². The molecule has 8 heteroatoms. The number of pyridine rings is 1. The summed E-state index contributed by atoms with van der Waals surface area (Å²) >= 11 is 0. The lowest BCUT2D eigenvalue weighted by atomic mass is 10.2. The predicted molar refractivity (Wildman–Crippen MR) is 89.8 cm³/mol. The van der Waals surface area contributed by atoms with Gasteiger partial charge in [0.15, 0.2) is 11.8 Å². The molecule has 0 saturated heterocycles. The third-order valence-corrected chi connectivity index (χ3v) is 3.75. The molecule has 3 aromatic rings. The molecular formula is C18H15F2N3O3. The summed E-state index contributed by atoms with van der Waals surface area (Å²) in [6, 6.07) is 8.13. The van der Waals surface area contributed by atoms with Crippen LogP contribution in [0.5, 0.6) is 0 Å². The van der Waals surface area contributed by atoms with Gasteiger partial charge in [0.2, 0.25) is 0 Å². The van der Waals surface area contributed by atoms with Crippen molar-refractivity contribution in [1.82, 2.24) is 9.38 Å². The molecule has 0 aliphatic carbocycles. The number of amides is 1. The van der Waals surface area contributed by atoms with E-state index in [2.05, 4.69) is 10.3 Å². The first-order valence-corrected chi connectivity index (χ1v) is 7.77. The fraction of sp³-hybridized carbons (Fsp3) is 0.167. The molecule has 0 fully saturated rings. The number of imidazole rings is 1. The molecule has 0 radical (unpaired) electrons. The van der Waals surface area contributed by atoms with Gasteiger partial charge in [-0.15, -0.1) is 0 Å². The van der Waals surface area contributed by atoms with Gasteiger partial charge in [-0.2, -0.15) is 0 Å². The van der Waals surface area contributed by atoms with Crippen molar-refractivity contribution in [2.24, 2.45) is 0 Å². The van der Waals surface area contributed by atoms with Gasteiger partial charge in [0.05, 0.1) is 5.69 Å². The predicted octanol–water partition coefficient (Wildman–Crippen LogP) is 3.10. The molecule has 0 unspecified atom stereocenters. The molecule has 0 aliphatic heterocycles. The summed E-state index contributed by atoms with van der Waals surface area (Å²) in [6.45, 7) is 3.20. The number of nitrogens with zero attached hydrogens (tertiary/aromatic N) is 2. The SMILES string of the molecule is Cc1cccc2nc(C(=O)O[C@@H](C)C(=O)Nc3ccc(F)cc3F)cn12. The molecule has 1 atom stereocenters. The third kappa shape index (κ3) is 3.53. The maximum atomic E-state index is 13.6. The Hall–Kier alpha value is -3.29. The molecule has 0 bridgehead atoms. The summed E-state index contributed by atoms with van der Waals surface area (Å²) in [7, 11) is 0. The summed E-state index contributed by atoms with van der Waals surface area (Å²) in [6.07, 6.45) is 0.315. The number of halogens is 2. The van der Waals surface area contributed by atoms with Crippen LogP contribution in [-0.4, -0.2) is 27.4 Å². The number of nitrogens with one attached hydrogen (secondary N) is 1. The van der Waals surface area contributed by atoms with Crippen molar-refractivity contribution < 1.29 is 23.1 Å². The fourth-order valence-electron chi connectivity index (χ4n) is 2.35. The molecular weight excluding hydrogens is 344 g/mol. The second kappa shape index (κ2) is 6.91. The van der Waals surface area contributed by atoms with Gasteiger partial charge in [-0.25, -0.2) is 18.6 Å². The Bertz CT molecular complexity index is 1000. The smallest absolute Gasteiger partial charge is 0.359 e. The molecule has 0 aliphatic rings. The van der Waals surface area contributed by atoms with E-state index in [9.17, 15) is 18.4 Å². The largest absolute Gasteiger partial charge is 0.448 e. The Kier molecular flexibility index (Phi) is 4.66. The number of rotatable bonds is 4. The summed E-state index contributed by atoms with van der Waals surface area (Å²) < 4.78 is 33.3. The van der Waals surface area contributed by atoms with Gasteiger partial charge in [-0.3, -0.25) is 4.79 Å². The lowest BCUT2D eigenvalue weighted by Crippen LogP contribution is -2.30. The number of benzene rings is 1. The summed E-state index contributed by atoms with van der Waals surface area (Å²) in [4.78, 5) is 28.4. The Morgan fingerprint density at radius 3 is 2.69 bits per heavy atom. The van der Waals surface area contributed by atoms with Crippen LogP contribution in [0.15, 0.2) is 42.6 Å². The zero-order chi connectivity index (χ0) is 18.8.